The fourth-order valence-corrected chi connectivity index (χ4v) is 2.44. The Labute approximate surface area is 136 Å². The van der Waals surface area contributed by atoms with Crippen LogP contribution in [-0.2, 0) is 11.3 Å². The van der Waals surface area contributed by atoms with Crippen LogP contribution in [-0.4, -0.2) is 16.8 Å². The summed E-state index contributed by atoms with van der Waals surface area (Å²) >= 11 is 0. The second-order valence-electron chi connectivity index (χ2n) is 6.75. The zero-order chi connectivity index (χ0) is 16.4. The maximum atomic E-state index is 9.74. The summed E-state index contributed by atoms with van der Waals surface area (Å²) in [7, 11) is 0. The van der Waals surface area contributed by atoms with Crippen LogP contribution in [0.5, 0.6) is 0 Å². The molecule has 0 fully saturated rings. The third-order valence-corrected chi connectivity index (χ3v) is 3.82. The average molecular weight is 304 g/mol. The third-order valence-electron chi connectivity index (χ3n) is 3.82. The Hall–Kier alpha value is -1.12. The molecule has 0 aliphatic carbocycles. The molecule has 0 bridgehead atoms. The van der Waals surface area contributed by atoms with E-state index in [9.17, 15) is 5.11 Å². The molecule has 2 atom stereocenters. The standard InChI is InChI=1S/C20H32O2/c1-5-6-14-19(17(2)11-10-15-20(3,4)21)22-16-18-12-8-7-9-13-18/h7-10,12-13,15,17,19,21H,5-6,11,14,16H2,1-4H3/b15-10+/t17-,19+/m0/s1. The highest BCUT2D eigenvalue weighted by atomic mass is 16.5. The van der Waals surface area contributed by atoms with Gasteiger partial charge in [-0.3, -0.25) is 0 Å². The van der Waals surface area contributed by atoms with E-state index in [0.717, 1.165) is 12.8 Å². The molecular formula is C20H32O2. The van der Waals surface area contributed by atoms with Gasteiger partial charge in [-0.05, 0) is 38.2 Å². The highest BCUT2D eigenvalue weighted by Crippen LogP contribution is 2.20. The summed E-state index contributed by atoms with van der Waals surface area (Å²) in [6.07, 6.45) is 8.64. The minimum atomic E-state index is -0.733. The van der Waals surface area contributed by atoms with E-state index in [1.807, 2.05) is 12.1 Å². The molecule has 0 aliphatic rings. The van der Waals surface area contributed by atoms with Gasteiger partial charge in [-0.1, -0.05) is 69.2 Å². The lowest BCUT2D eigenvalue weighted by Gasteiger charge is -2.24. The molecule has 1 aromatic carbocycles. The summed E-state index contributed by atoms with van der Waals surface area (Å²) < 4.78 is 6.18. The van der Waals surface area contributed by atoms with Crippen LogP contribution in [0.2, 0.25) is 0 Å². The minimum absolute atomic E-state index is 0.270. The van der Waals surface area contributed by atoms with E-state index in [1.54, 1.807) is 13.8 Å². The number of rotatable bonds is 10. The number of ether oxygens (including phenoxy) is 1. The highest BCUT2D eigenvalue weighted by molar-refractivity contribution is 5.13. The monoisotopic (exact) mass is 304 g/mol. The van der Waals surface area contributed by atoms with Gasteiger partial charge < -0.3 is 9.84 Å². The van der Waals surface area contributed by atoms with Crippen molar-refractivity contribution in [3.63, 3.8) is 0 Å². The molecule has 2 nitrogen and oxygen atoms in total. The van der Waals surface area contributed by atoms with E-state index in [0.29, 0.717) is 12.5 Å². The van der Waals surface area contributed by atoms with Crippen molar-refractivity contribution in [2.75, 3.05) is 0 Å². The van der Waals surface area contributed by atoms with Crippen molar-refractivity contribution in [2.24, 2.45) is 5.92 Å². The molecule has 0 unspecified atom stereocenters. The largest absolute Gasteiger partial charge is 0.386 e. The smallest absolute Gasteiger partial charge is 0.0771 e. The van der Waals surface area contributed by atoms with E-state index in [-0.39, 0.29) is 6.10 Å². The molecule has 1 N–H and O–H groups in total. The quantitative estimate of drug-likeness (QED) is 0.608. The van der Waals surface area contributed by atoms with Gasteiger partial charge >= 0.3 is 0 Å². The molecular weight excluding hydrogens is 272 g/mol. The van der Waals surface area contributed by atoms with Gasteiger partial charge in [-0.15, -0.1) is 0 Å². The Bertz CT molecular complexity index is 417. The fraction of sp³-hybridized carbons (Fsp3) is 0.600. The molecule has 0 amide bonds. The predicted octanol–water partition coefficient (Wildman–Crippen LogP) is 5.12. The Morgan fingerprint density at radius 1 is 1.23 bits per heavy atom. The molecule has 0 heterocycles. The van der Waals surface area contributed by atoms with Crippen molar-refractivity contribution in [2.45, 2.75) is 71.7 Å². The lowest BCUT2D eigenvalue weighted by atomic mass is 9.95. The number of benzene rings is 1. The lowest BCUT2D eigenvalue weighted by molar-refractivity contribution is -0.000254. The fourth-order valence-electron chi connectivity index (χ4n) is 2.44. The van der Waals surface area contributed by atoms with Gasteiger partial charge in [0, 0.05) is 0 Å². The van der Waals surface area contributed by atoms with Crippen molar-refractivity contribution in [1.29, 1.82) is 0 Å². The van der Waals surface area contributed by atoms with Crippen molar-refractivity contribution in [1.82, 2.24) is 0 Å². The SMILES string of the molecule is CCCC[C@@H](OCc1ccccc1)[C@@H](C)C/C=C/C(C)(C)O. The van der Waals surface area contributed by atoms with Crippen molar-refractivity contribution < 1.29 is 9.84 Å². The molecule has 0 aromatic heterocycles. The second-order valence-corrected chi connectivity index (χ2v) is 6.75. The molecule has 0 saturated carbocycles. The van der Waals surface area contributed by atoms with E-state index in [1.165, 1.54) is 18.4 Å². The van der Waals surface area contributed by atoms with Gasteiger partial charge in [0.15, 0.2) is 0 Å². The van der Waals surface area contributed by atoms with Crippen LogP contribution in [0.4, 0.5) is 0 Å². The van der Waals surface area contributed by atoms with Gasteiger partial charge in [0.05, 0.1) is 18.3 Å². The molecule has 124 valence electrons. The van der Waals surface area contributed by atoms with Crippen molar-refractivity contribution in [3.8, 4) is 0 Å². The summed E-state index contributed by atoms with van der Waals surface area (Å²) in [5.74, 6) is 0.453. The van der Waals surface area contributed by atoms with Crippen LogP contribution in [0.3, 0.4) is 0 Å². The first kappa shape index (κ1) is 18.9. The van der Waals surface area contributed by atoms with Gasteiger partial charge in [0.1, 0.15) is 0 Å². The van der Waals surface area contributed by atoms with Crippen LogP contribution >= 0.6 is 0 Å². The van der Waals surface area contributed by atoms with Crippen LogP contribution in [0, 0.1) is 5.92 Å². The summed E-state index contributed by atoms with van der Waals surface area (Å²) in [5, 5.41) is 9.74. The topological polar surface area (TPSA) is 29.5 Å². The summed E-state index contributed by atoms with van der Waals surface area (Å²) in [6.45, 7) is 8.73. The van der Waals surface area contributed by atoms with Crippen LogP contribution in [0.25, 0.3) is 0 Å². The average Bonchev–Trinajstić information content (AvgIpc) is 2.47. The molecule has 1 rings (SSSR count). The van der Waals surface area contributed by atoms with Crippen molar-refractivity contribution >= 4 is 0 Å². The molecule has 22 heavy (non-hydrogen) atoms. The maximum Gasteiger partial charge on any atom is 0.0771 e. The van der Waals surface area contributed by atoms with E-state index >= 15 is 0 Å². The predicted molar refractivity (Wildman–Crippen MR) is 93.8 cm³/mol. The van der Waals surface area contributed by atoms with Gasteiger partial charge in [-0.2, -0.15) is 0 Å². The zero-order valence-electron chi connectivity index (χ0n) is 14.6. The lowest BCUT2D eigenvalue weighted by Crippen LogP contribution is -2.22. The van der Waals surface area contributed by atoms with Gasteiger partial charge in [-0.25, -0.2) is 0 Å². The first-order valence-corrected chi connectivity index (χ1v) is 8.48. The Morgan fingerprint density at radius 3 is 2.50 bits per heavy atom. The number of unbranched alkanes of at least 4 members (excludes halogenated alkanes) is 1. The first-order valence-electron chi connectivity index (χ1n) is 8.48. The van der Waals surface area contributed by atoms with Crippen LogP contribution < -0.4 is 0 Å². The number of aliphatic hydroxyl groups is 1. The molecule has 0 aliphatic heterocycles. The van der Waals surface area contributed by atoms with Gasteiger partial charge in [0.25, 0.3) is 0 Å². The molecule has 1 aromatic rings. The summed E-state index contributed by atoms with van der Waals surface area (Å²) in [5.41, 5.74) is 0.493. The molecule has 2 heteroatoms. The number of allylic oxidation sites excluding steroid dienone is 1. The maximum absolute atomic E-state index is 9.74. The summed E-state index contributed by atoms with van der Waals surface area (Å²) in [4.78, 5) is 0. The van der Waals surface area contributed by atoms with Crippen LogP contribution in [0.1, 0.15) is 58.9 Å². The first-order chi connectivity index (χ1) is 10.4. The minimum Gasteiger partial charge on any atom is -0.386 e. The Kier molecular flexibility index (Phi) is 8.44. The third kappa shape index (κ3) is 8.35. The molecule has 0 radical (unpaired) electrons. The highest BCUT2D eigenvalue weighted by Gasteiger charge is 2.17. The second kappa shape index (κ2) is 9.81. The van der Waals surface area contributed by atoms with Gasteiger partial charge in [0.2, 0.25) is 0 Å². The Morgan fingerprint density at radius 2 is 1.91 bits per heavy atom. The van der Waals surface area contributed by atoms with E-state index in [2.05, 4.69) is 44.2 Å². The zero-order valence-corrected chi connectivity index (χ0v) is 14.6. The van der Waals surface area contributed by atoms with E-state index < -0.39 is 5.60 Å². The molecule has 0 saturated heterocycles. The number of hydrogen-bond donors (Lipinski definition) is 1. The summed E-state index contributed by atoms with van der Waals surface area (Å²) in [6, 6.07) is 10.3. The normalized spacial score (nSPS) is 15.1. The van der Waals surface area contributed by atoms with Crippen LogP contribution in [0.15, 0.2) is 42.5 Å². The molecule has 0 spiro atoms. The van der Waals surface area contributed by atoms with Crippen molar-refractivity contribution in [3.05, 3.63) is 48.0 Å². The number of hydrogen-bond acceptors (Lipinski definition) is 2. The van der Waals surface area contributed by atoms with E-state index in [4.69, 9.17) is 4.74 Å². The Balaban J connectivity index is 2.53.